The lowest BCUT2D eigenvalue weighted by Crippen LogP contribution is -2.19. The zero-order chi connectivity index (χ0) is 13.7. The van der Waals surface area contributed by atoms with E-state index in [4.69, 9.17) is 0 Å². The number of nitrogens with zero attached hydrogens (tertiary/aromatic N) is 2. The molecule has 1 atom stereocenters. The fourth-order valence-electron chi connectivity index (χ4n) is 1.67. The van der Waals surface area contributed by atoms with Gasteiger partial charge in [0, 0.05) is 13.6 Å². The summed E-state index contributed by atoms with van der Waals surface area (Å²) in [5, 5.41) is 0.966. The largest absolute Gasteiger partial charge is 0.351 e. The summed E-state index contributed by atoms with van der Waals surface area (Å²) < 4.78 is 0. The first-order valence-electron chi connectivity index (χ1n) is 6.66. The van der Waals surface area contributed by atoms with Gasteiger partial charge in [-0.05, 0) is 24.7 Å². The fourth-order valence-corrected chi connectivity index (χ4v) is 2.66. The number of carbonyl (C=O) groups excluding carboxylic acids is 1. The van der Waals surface area contributed by atoms with Crippen molar-refractivity contribution in [1.29, 1.82) is 0 Å². The Balaban J connectivity index is 2.83. The molecule has 0 spiro atoms. The van der Waals surface area contributed by atoms with Gasteiger partial charge in [-0.2, -0.15) is 0 Å². The second-order valence-electron chi connectivity index (χ2n) is 5.28. The van der Waals surface area contributed by atoms with Gasteiger partial charge in [0.05, 0.1) is 10.6 Å². The van der Waals surface area contributed by atoms with E-state index in [9.17, 15) is 4.79 Å². The third-order valence-electron chi connectivity index (χ3n) is 3.22. The molecule has 3 nitrogen and oxygen atoms in total. The standard InChI is InChI=1S/C14H24N2OS/c1-6-11(4)13-12(9-17)18-14(15-13)16(5)8-7-10(2)3/h9-11H,6-8H2,1-5H3. The van der Waals surface area contributed by atoms with Crippen LogP contribution in [0.4, 0.5) is 5.13 Å². The van der Waals surface area contributed by atoms with Crippen LogP contribution in [0.1, 0.15) is 61.8 Å². The van der Waals surface area contributed by atoms with Crippen LogP contribution in [-0.4, -0.2) is 24.9 Å². The third kappa shape index (κ3) is 3.80. The summed E-state index contributed by atoms with van der Waals surface area (Å²) in [6.07, 6.45) is 3.10. The molecular weight excluding hydrogens is 244 g/mol. The van der Waals surface area contributed by atoms with Gasteiger partial charge in [0.1, 0.15) is 0 Å². The fraction of sp³-hybridized carbons (Fsp3) is 0.714. The monoisotopic (exact) mass is 268 g/mol. The molecule has 0 saturated heterocycles. The van der Waals surface area contributed by atoms with Crippen LogP contribution in [-0.2, 0) is 0 Å². The minimum Gasteiger partial charge on any atom is -0.351 e. The summed E-state index contributed by atoms with van der Waals surface area (Å²) in [5.41, 5.74) is 0.962. The van der Waals surface area contributed by atoms with E-state index in [1.165, 1.54) is 11.3 Å². The Bertz CT molecular complexity index is 387. The number of hydrogen-bond donors (Lipinski definition) is 0. The average Bonchev–Trinajstić information content (AvgIpc) is 2.78. The van der Waals surface area contributed by atoms with Crippen molar-refractivity contribution < 1.29 is 4.79 Å². The Morgan fingerprint density at radius 3 is 2.56 bits per heavy atom. The zero-order valence-corrected chi connectivity index (χ0v) is 12.9. The van der Waals surface area contributed by atoms with Crippen molar-refractivity contribution in [2.24, 2.45) is 5.92 Å². The van der Waals surface area contributed by atoms with E-state index >= 15 is 0 Å². The van der Waals surface area contributed by atoms with E-state index in [2.05, 4.69) is 44.6 Å². The van der Waals surface area contributed by atoms with Gasteiger partial charge in [0.2, 0.25) is 0 Å². The smallest absolute Gasteiger partial charge is 0.185 e. The first kappa shape index (κ1) is 15.2. The van der Waals surface area contributed by atoms with Gasteiger partial charge in [-0.1, -0.05) is 39.0 Å². The molecule has 0 aliphatic heterocycles. The number of rotatable bonds is 7. The highest BCUT2D eigenvalue weighted by atomic mass is 32.1. The summed E-state index contributed by atoms with van der Waals surface area (Å²) in [4.78, 5) is 18.7. The maximum atomic E-state index is 11.1. The maximum Gasteiger partial charge on any atom is 0.185 e. The highest BCUT2D eigenvalue weighted by molar-refractivity contribution is 7.17. The van der Waals surface area contributed by atoms with Crippen LogP contribution in [0.15, 0.2) is 0 Å². The van der Waals surface area contributed by atoms with Crippen LogP contribution in [0.5, 0.6) is 0 Å². The molecule has 0 radical (unpaired) electrons. The van der Waals surface area contributed by atoms with Crippen LogP contribution in [0.2, 0.25) is 0 Å². The van der Waals surface area contributed by atoms with Gasteiger partial charge < -0.3 is 4.90 Å². The molecule has 102 valence electrons. The average molecular weight is 268 g/mol. The number of aldehydes is 1. The molecule has 0 saturated carbocycles. The van der Waals surface area contributed by atoms with Gasteiger partial charge in [-0.15, -0.1) is 0 Å². The van der Waals surface area contributed by atoms with E-state index in [0.29, 0.717) is 11.8 Å². The van der Waals surface area contributed by atoms with Crippen molar-refractivity contribution in [3.63, 3.8) is 0 Å². The normalized spacial score (nSPS) is 12.8. The minimum atomic E-state index is 0.355. The Morgan fingerprint density at radius 2 is 2.06 bits per heavy atom. The second-order valence-corrected chi connectivity index (χ2v) is 6.29. The van der Waals surface area contributed by atoms with Crippen LogP contribution in [0.3, 0.4) is 0 Å². The van der Waals surface area contributed by atoms with Crippen LogP contribution in [0.25, 0.3) is 0 Å². The van der Waals surface area contributed by atoms with Crippen LogP contribution >= 0.6 is 11.3 Å². The molecular formula is C14H24N2OS. The summed E-state index contributed by atoms with van der Waals surface area (Å²) in [6.45, 7) is 9.68. The molecule has 0 N–H and O–H groups in total. The van der Waals surface area contributed by atoms with E-state index in [1.807, 2.05) is 0 Å². The molecule has 0 aliphatic carbocycles. The summed E-state index contributed by atoms with van der Waals surface area (Å²) in [5.74, 6) is 1.04. The molecule has 0 fully saturated rings. The predicted octanol–water partition coefficient (Wildman–Crippen LogP) is 3.95. The van der Waals surface area contributed by atoms with Gasteiger partial charge in [-0.25, -0.2) is 4.98 Å². The van der Waals surface area contributed by atoms with Crippen molar-refractivity contribution in [3.05, 3.63) is 10.6 Å². The molecule has 1 unspecified atom stereocenters. The molecule has 0 aliphatic rings. The van der Waals surface area contributed by atoms with Crippen molar-refractivity contribution in [2.75, 3.05) is 18.5 Å². The van der Waals surface area contributed by atoms with Gasteiger partial charge >= 0.3 is 0 Å². The Hall–Kier alpha value is -0.900. The summed E-state index contributed by atoms with van der Waals surface area (Å²) >= 11 is 1.51. The van der Waals surface area contributed by atoms with Crippen LogP contribution in [0, 0.1) is 5.92 Å². The lowest BCUT2D eigenvalue weighted by atomic mass is 10.0. The van der Waals surface area contributed by atoms with Gasteiger partial charge in [0.25, 0.3) is 0 Å². The van der Waals surface area contributed by atoms with Gasteiger partial charge in [0.15, 0.2) is 11.4 Å². The molecule has 1 aromatic heterocycles. The Kier molecular flexibility index (Phi) is 5.79. The highest BCUT2D eigenvalue weighted by Crippen LogP contribution is 2.30. The van der Waals surface area contributed by atoms with Crippen molar-refractivity contribution >= 4 is 22.8 Å². The predicted molar refractivity (Wildman–Crippen MR) is 78.9 cm³/mol. The second kappa shape index (κ2) is 6.88. The minimum absolute atomic E-state index is 0.355. The maximum absolute atomic E-state index is 11.1. The first-order chi connectivity index (χ1) is 8.49. The molecule has 1 rings (SSSR count). The van der Waals surface area contributed by atoms with Crippen molar-refractivity contribution in [1.82, 2.24) is 4.98 Å². The number of carbonyl (C=O) groups is 1. The SMILES string of the molecule is CCC(C)c1nc(N(C)CCC(C)C)sc1C=O. The summed E-state index contributed by atoms with van der Waals surface area (Å²) in [7, 11) is 2.05. The number of hydrogen-bond acceptors (Lipinski definition) is 4. The molecule has 0 bridgehead atoms. The molecule has 4 heteroatoms. The highest BCUT2D eigenvalue weighted by Gasteiger charge is 2.17. The summed E-state index contributed by atoms with van der Waals surface area (Å²) in [6, 6.07) is 0. The van der Waals surface area contributed by atoms with Gasteiger partial charge in [-0.3, -0.25) is 4.79 Å². The lowest BCUT2D eigenvalue weighted by Gasteiger charge is -2.16. The van der Waals surface area contributed by atoms with Crippen LogP contribution < -0.4 is 4.90 Å². The quantitative estimate of drug-likeness (QED) is 0.702. The number of thiazole rings is 1. The van der Waals surface area contributed by atoms with E-state index in [1.54, 1.807) is 0 Å². The topological polar surface area (TPSA) is 33.2 Å². The molecule has 0 amide bonds. The molecule has 1 aromatic rings. The van der Waals surface area contributed by atoms with Crippen molar-refractivity contribution in [2.45, 2.75) is 46.5 Å². The van der Waals surface area contributed by atoms with E-state index < -0.39 is 0 Å². The Morgan fingerprint density at radius 1 is 1.39 bits per heavy atom. The molecule has 18 heavy (non-hydrogen) atoms. The van der Waals surface area contributed by atoms with E-state index in [-0.39, 0.29) is 0 Å². The third-order valence-corrected chi connectivity index (χ3v) is 4.34. The first-order valence-corrected chi connectivity index (χ1v) is 7.48. The zero-order valence-electron chi connectivity index (χ0n) is 12.1. The molecule has 0 aromatic carbocycles. The Labute approximate surface area is 114 Å². The van der Waals surface area contributed by atoms with Crippen molar-refractivity contribution in [3.8, 4) is 0 Å². The number of anilines is 1. The van der Waals surface area contributed by atoms with E-state index in [0.717, 1.165) is 41.4 Å². The lowest BCUT2D eigenvalue weighted by molar-refractivity contribution is 0.112. The number of aromatic nitrogens is 1. The molecule has 1 heterocycles.